The third kappa shape index (κ3) is 1.48. The fourth-order valence-corrected chi connectivity index (χ4v) is 1.44. The summed E-state index contributed by atoms with van der Waals surface area (Å²) in [6.45, 7) is 0.732. The minimum Gasteiger partial charge on any atom is -0.369 e. The third-order valence-electron chi connectivity index (χ3n) is 2.21. The Kier molecular flexibility index (Phi) is 2.27. The second-order valence-corrected chi connectivity index (χ2v) is 3.01. The molecule has 1 aliphatic rings. The van der Waals surface area contributed by atoms with Crippen molar-refractivity contribution in [2.24, 2.45) is 23.3 Å². The zero-order valence-electron chi connectivity index (χ0n) is 6.05. The lowest BCUT2D eigenvalue weighted by molar-refractivity contribution is -0.125. The van der Waals surface area contributed by atoms with E-state index in [1.54, 1.807) is 0 Å². The highest BCUT2D eigenvalue weighted by Crippen LogP contribution is 2.35. The minimum atomic E-state index is -0.145. The average Bonchev–Trinajstić information content (AvgIpc) is 1.76. The Morgan fingerprint density at radius 1 is 1.50 bits per heavy atom. The smallest absolute Gasteiger partial charge is 0.220 e. The molecule has 1 aliphatic carbocycles. The molecule has 4 N–H and O–H groups in total. The molecule has 0 bridgehead atoms. The van der Waals surface area contributed by atoms with Crippen molar-refractivity contribution in [2.45, 2.75) is 19.3 Å². The van der Waals surface area contributed by atoms with Crippen LogP contribution in [-0.4, -0.2) is 12.5 Å². The molecule has 3 heteroatoms. The highest BCUT2D eigenvalue weighted by molar-refractivity contribution is 5.77. The molecular weight excluding hydrogens is 128 g/mol. The van der Waals surface area contributed by atoms with Gasteiger partial charge in [-0.2, -0.15) is 0 Å². The van der Waals surface area contributed by atoms with Crippen LogP contribution in [0.25, 0.3) is 0 Å². The molecule has 10 heavy (non-hydrogen) atoms. The van der Waals surface area contributed by atoms with Crippen LogP contribution in [0.5, 0.6) is 0 Å². The first-order valence-electron chi connectivity index (χ1n) is 3.73. The first-order chi connectivity index (χ1) is 4.74. The van der Waals surface area contributed by atoms with Gasteiger partial charge in [0, 0.05) is 5.92 Å². The van der Waals surface area contributed by atoms with Crippen LogP contribution in [0.15, 0.2) is 0 Å². The highest BCUT2D eigenvalue weighted by Gasteiger charge is 2.31. The van der Waals surface area contributed by atoms with Gasteiger partial charge in [0.05, 0.1) is 0 Å². The van der Waals surface area contributed by atoms with Crippen molar-refractivity contribution < 1.29 is 4.79 Å². The van der Waals surface area contributed by atoms with Gasteiger partial charge in [-0.3, -0.25) is 4.79 Å². The standard InChI is InChI=1S/C7H14N2O/c8-2-1-5-3-6(4-5)7(9)10/h5-6H,1-4,8H2,(H2,9,10). The summed E-state index contributed by atoms with van der Waals surface area (Å²) in [6.07, 6.45) is 2.98. The van der Waals surface area contributed by atoms with Crippen LogP contribution in [0.3, 0.4) is 0 Å². The zero-order chi connectivity index (χ0) is 7.56. The van der Waals surface area contributed by atoms with Crippen molar-refractivity contribution in [2.75, 3.05) is 6.54 Å². The van der Waals surface area contributed by atoms with Crippen molar-refractivity contribution in [3.63, 3.8) is 0 Å². The molecule has 1 saturated carbocycles. The minimum absolute atomic E-state index is 0.145. The zero-order valence-corrected chi connectivity index (χ0v) is 6.05. The molecule has 0 heterocycles. The Bertz CT molecular complexity index is 130. The molecule has 1 rings (SSSR count). The Morgan fingerprint density at radius 3 is 2.50 bits per heavy atom. The topological polar surface area (TPSA) is 69.1 Å². The molecule has 1 amide bonds. The maximum atomic E-state index is 10.5. The molecule has 0 aromatic carbocycles. The van der Waals surface area contributed by atoms with Gasteiger partial charge in [-0.25, -0.2) is 0 Å². The van der Waals surface area contributed by atoms with Crippen LogP contribution < -0.4 is 11.5 Å². The quantitative estimate of drug-likeness (QED) is 0.575. The summed E-state index contributed by atoms with van der Waals surface area (Å²) in [5, 5.41) is 0. The van der Waals surface area contributed by atoms with Gasteiger partial charge in [0.15, 0.2) is 0 Å². The number of amides is 1. The number of rotatable bonds is 3. The first kappa shape index (κ1) is 7.54. The fourth-order valence-electron chi connectivity index (χ4n) is 1.44. The van der Waals surface area contributed by atoms with Gasteiger partial charge in [-0.1, -0.05) is 0 Å². The molecule has 0 radical (unpaired) electrons. The summed E-state index contributed by atoms with van der Waals surface area (Å²) in [4.78, 5) is 10.5. The van der Waals surface area contributed by atoms with E-state index >= 15 is 0 Å². The lowest BCUT2D eigenvalue weighted by atomic mass is 9.73. The van der Waals surface area contributed by atoms with E-state index < -0.39 is 0 Å². The molecule has 1 fully saturated rings. The second kappa shape index (κ2) is 3.01. The Hall–Kier alpha value is -0.570. The monoisotopic (exact) mass is 142 g/mol. The largest absolute Gasteiger partial charge is 0.369 e. The molecule has 0 unspecified atom stereocenters. The predicted molar refractivity (Wildman–Crippen MR) is 39.1 cm³/mol. The summed E-state index contributed by atoms with van der Waals surface area (Å²) < 4.78 is 0. The SMILES string of the molecule is NCCC1CC(C(N)=O)C1. The van der Waals surface area contributed by atoms with Crippen molar-refractivity contribution in [1.82, 2.24) is 0 Å². The van der Waals surface area contributed by atoms with Crippen molar-refractivity contribution in [1.29, 1.82) is 0 Å². The third-order valence-corrected chi connectivity index (χ3v) is 2.21. The van der Waals surface area contributed by atoms with Gasteiger partial charge in [0.1, 0.15) is 0 Å². The van der Waals surface area contributed by atoms with Gasteiger partial charge < -0.3 is 11.5 Å². The number of nitrogens with two attached hydrogens (primary N) is 2. The maximum absolute atomic E-state index is 10.5. The van der Waals surface area contributed by atoms with E-state index in [4.69, 9.17) is 11.5 Å². The van der Waals surface area contributed by atoms with E-state index in [2.05, 4.69) is 0 Å². The number of hydrogen-bond donors (Lipinski definition) is 2. The van der Waals surface area contributed by atoms with E-state index in [0.717, 1.165) is 25.8 Å². The molecule has 0 aliphatic heterocycles. The van der Waals surface area contributed by atoms with Gasteiger partial charge in [0.2, 0.25) is 5.91 Å². The van der Waals surface area contributed by atoms with Crippen molar-refractivity contribution in [3.8, 4) is 0 Å². The van der Waals surface area contributed by atoms with Crippen LogP contribution >= 0.6 is 0 Å². The van der Waals surface area contributed by atoms with Crippen LogP contribution in [0.4, 0.5) is 0 Å². The summed E-state index contributed by atoms with van der Waals surface area (Å²) in [6, 6.07) is 0. The lowest BCUT2D eigenvalue weighted by Crippen LogP contribution is -2.35. The average molecular weight is 142 g/mol. The molecule has 0 spiro atoms. The van der Waals surface area contributed by atoms with Gasteiger partial charge in [-0.05, 0) is 31.7 Å². The van der Waals surface area contributed by atoms with Crippen LogP contribution in [0.2, 0.25) is 0 Å². The van der Waals surface area contributed by atoms with Crippen LogP contribution in [0, 0.1) is 11.8 Å². The summed E-state index contributed by atoms with van der Waals surface area (Å²) in [7, 11) is 0. The molecule has 0 aromatic heterocycles. The molecule has 0 saturated heterocycles. The second-order valence-electron chi connectivity index (χ2n) is 3.01. The van der Waals surface area contributed by atoms with Gasteiger partial charge in [0.25, 0.3) is 0 Å². The number of carbonyl (C=O) groups is 1. The van der Waals surface area contributed by atoms with E-state index in [-0.39, 0.29) is 11.8 Å². The first-order valence-corrected chi connectivity index (χ1v) is 3.73. The Labute approximate surface area is 60.8 Å². The maximum Gasteiger partial charge on any atom is 0.220 e. The summed E-state index contributed by atoms with van der Waals surface area (Å²) in [5.74, 6) is 0.673. The van der Waals surface area contributed by atoms with E-state index in [9.17, 15) is 4.79 Å². The van der Waals surface area contributed by atoms with E-state index in [1.807, 2.05) is 0 Å². The van der Waals surface area contributed by atoms with E-state index in [0.29, 0.717) is 5.92 Å². The summed E-state index contributed by atoms with van der Waals surface area (Å²) >= 11 is 0. The van der Waals surface area contributed by atoms with Crippen molar-refractivity contribution in [3.05, 3.63) is 0 Å². The van der Waals surface area contributed by atoms with Gasteiger partial charge >= 0.3 is 0 Å². The van der Waals surface area contributed by atoms with Crippen molar-refractivity contribution >= 4 is 5.91 Å². The van der Waals surface area contributed by atoms with Gasteiger partial charge in [-0.15, -0.1) is 0 Å². The Morgan fingerprint density at radius 2 is 2.10 bits per heavy atom. The number of carbonyl (C=O) groups excluding carboxylic acids is 1. The highest BCUT2D eigenvalue weighted by atomic mass is 16.1. The number of hydrogen-bond acceptors (Lipinski definition) is 2. The fraction of sp³-hybridized carbons (Fsp3) is 0.857. The molecule has 0 atom stereocenters. The van der Waals surface area contributed by atoms with Crippen LogP contribution in [0.1, 0.15) is 19.3 Å². The summed E-state index contributed by atoms with van der Waals surface area (Å²) in [5.41, 5.74) is 10.4. The number of primary amides is 1. The molecule has 3 nitrogen and oxygen atoms in total. The predicted octanol–water partition coefficient (Wildman–Crippen LogP) is -0.153. The lowest BCUT2D eigenvalue weighted by Gasteiger charge is -2.32. The molecule has 58 valence electrons. The normalized spacial score (nSPS) is 31.3. The van der Waals surface area contributed by atoms with E-state index in [1.165, 1.54) is 0 Å². The van der Waals surface area contributed by atoms with Crippen LogP contribution in [-0.2, 0) is 4.79 Å². The Balaban J connectivity index is 2.12. The molecule has 0 aromatic rings. The molecular formula is C7H14N2O.